The molecule has 2 rings (SSSR count). The Morgan fingerprint density at radius 1 is 1.21 bits per heavy atom. The summed E-state index contributed by atoms with van der Waals surface area (Å²) in [7, 11) is 0. The third-order valence-electron chi connectivity index (χ3n) is 3.32. The third kappa shape index (κ3) is 4.98. The highest BCUT2D eigenvalue weighted by Gasteiger charge is 2.12. The molecule has 24 heavy (non-hydrogen) atoms. The average Bonchev–Trinajstić information content (AvgIpc) is 2.56. The van der Waals surface area contributed by atoms with Gasteiger partial charge in [-0.15, -0.1) is 0 Å². The molecular formula is C19H22ClNO3. The molecule has 1 amide bonds. The first-order chi connectivity index (χ1) is 11.5. The van der Waals surface area contributed by atoms with Gasteiger partial charge in [-0.1, -0.05) is 23.7 Å². The van der Waals surface area contributed by atoms with E-state index in [0.29, 0.717) is 29.5 Å². The van der Waals surface area contributed by atoms with Gasteiger partial charge in [0, 0.05) is 11.1 Å². The monoisotopic (exact) mass is 347 g/mol. The van der Waals surface area contributed by atoms with E-state index in [-0.39, 0.29) is 12.0 Å². The molecule has 0 spiro atoms. The molecule has 2 aromatic carbocycles. The highest BCUT2D eigenvalue weighted by atomic mass is 35.5. The van der Waals surface area contributed by atoms with Crippen molar-refractivity contribution in [3.05, 3.63) is 58.6 Å². The lowest BCUT2D eigenvalue weighted by Crippen LogP contribution is -2.13. The Balaban J connectivity index is 2.21. The molecule has 0 aliphatic rings. The summed E-state index contributed by atoms with van der Waals surface area (Å²) in [4.78, 5) is 12.5. The Labute approximate surface area is 147 Å². The molecule has 0 atom stereocenters. The van der Waals surface area contributed by atoms with Crippen LogP contribution in [-0.2, 0) is 11.3 Å². The summed E-state index contributed by atoms with van der Waals surface area (Å²) in [6.07, 6.45) is 0.0973. The molecular weight excluding hydrogens is 326 g/mol. The van der Waals surface area contributed by atoms with E-state index in [0.717, 1.165) is 11.3 Å². The van der Waals surface area contributed by atoms with Gasteiger partial charge in [0.2, 0.25) is 0 Å². The second-order valence-corrected chi connectivity index (χ2v) is 5.96. The molecule has 0 bridgehead atoms. The number of hydrogen-bond acceptors (Lipinski definition) is 3. The zero-order valence-corrected chi connectivity index (χ0v) is 14.9. The lowest BCUT2D eigenvalue weighted by molar-refractivity contribution is 0.0641. The highest BCUT2D eigenvalue weighted by molar-refractivity contribution is 6.33. The fraction of sp³-hybridized carbons (Fsp3) is 0.316. The minimum Gasteiger partial charge on any atom is -0.494 e. The van der Waals surface area contributed by atoms with E-state index >= 15 is 0 Å². The van der Waals surface area contributed by atoms with Gasteiger partial charge in [0.15, 0.2) is 0 Å². The van der Waals surface area contributed by atoms with Gasteiger partial charge < -0.3 is 14.8 Å². The molecule has 1 N–H and O–H groups in total. The second kappa shape index (κ2) is 8.71. The lowest BCUT2D eigenvalue weighted by Gasteiger charge is -2.14. The van der Waals surface area contributed by atoms with Crippen LogP contribution in [-0.4, -0.2) is 18.6 Å². The summed E-state index contributed by atoms with van der Waals surface area (Å²) in [5.74, 6) is 0.504. The molecule has 4 nitrogen and oxygen atoms in total. The molecule has 0 aliphatic heterocycles. The number of ether oxygens (including phenoxy) is 2. The van der Waals surface area contributed by atoms with Crippen molar-refractivity contribution in [3.8, 4) is 5.75 Å². The quantitative estimate of drug-likeness (QED) is 0.773. The number of carbonyl (C=O) groups excluding carboxylic acids is 1. The van der Waals surface area contributed by atoms with Crippen molar-refractivity contribution in [3.63, 3.8) is 0 Å². The Kier molecular flexibility index (Phi) is 6.64. The van der Waals surface area contributed by atoms with Gasteiger partial charge in [-0.2, -0.15) is 0 Å². The van der Waals surface area contributed by atoms with E-state index in [2.05, 4.69) is 5.32 Å². The number of carbonyl (C=O) groups is 1. The predicted octanol–water partition coefficient (Wildman–Crippen LogP) is 4.92. The van der Waals surface area contributed by atoms with E-state index in [9.17, 15) is 4.79 Å². The van der Waals surface area contributed by atoms with Crippen molar-refractivity contribution >= 4 is 23.2 Å². The molecule has 128 valence electrons. The van der Waals surface area contributed by atoms with E-state index in [1.54, 1.807) is 30.3 Å². The molecule has 0 unspecified atom stereocenters. The van der Waals surface area contributed by atoms with Crippen LogP contribution in [0.15, 0.2) is 42.5 Å². The maximum absolute atomic E-state index is 12.5. The molecule has 0 heterocycles. The maximum Gasteiger partial charge on any atom is 0.255 e. The summed E-state index contributed by atoms with van der Waals surface area (Å²) >= 11 is 6.08. The van der Waals surface area contributed by atoms with Gasteiger partial charge in [0.25, 0.3) is 5.91 Å². The van der Waals surface area contributed by atoms with E-state index in [4.69, 9.17) is 21.1 Å². The number of para-hydroxylation sites is 1. The first-order valence-electron chi connectivity index (χ1n) is 7.94. The largest absolute Gasteiger partial charge is 0.494 e. The molecule has 0 saturated carbocycles. The lowest BCUT2D eigenvalue weighted by atomic mass is 10.1. The summed E-state index contributed by atoms with van der Waals surface area (Å²) in [5, 5.41) is 3.32. The van der Waals surface area contributed by atoms with E-state index in [1.807, 2.05) is 32.9 Å². The number of benzene rings is 2. The van der Waals surface area contributed by atoms with Crippen LogP contribution in [0, 0.1) is 0 Å². The van der Waals surface area contributed by atoms with Crippen LogP contribution >= 0.6 is 11.6 Å². The van der Waals surface area contributed by atoms with Crippen LogP contribution in [0.5, 0.6) is 5.75 Å². The Bertz CT molecular complexity index is 701. The molecule has 0 aliphatic carbocycles. The van der Waals surface area contributed by atoms with Gasteiger partial charge in [-0.25, -0.2) is 0 Å². The van der Waals surface area contributed by atoms with Gasteiger partial charge in [-0.05, 0) is 51.1 Å². The molecule has 0 saturated heterocycles. The van der Waals surface area contributed by atoms with Gasteiger partial charge in [0.05, 0.1) is 30.0 Å². The summed E-state index contributed by atoms with van der Waals surface area (Å²) in [5.41, 5.74) is 1.95. The number of halogens is 1. The van der Waals surface area contributed by atoms with Crippen LogP contribution in [0.1, 0.15) is 36.7 Å². The summed E-state index contributed by atoms with van der Waals surface area (Å²) in [6.45, 7) is 6.80. The fourth-order valence-electron chi connectivity index (χ4n) is 2.14. The van der Waals surface area contributed by atoms with Gasteiger partial charge in [0.1, 0.15) is 5.75 Å². The molecule has 0 aromatic heterocycles. The number of amides is 1. The summed E-state index contributed by atoms with van der Waals surface area (Å²) < 4.78 is 11.3. The molecule has 0 fully saturated rings. The SMILES string of the molecule is CCOc1ccc(C(=O)Nc2ccccc2Cl)cc1COC(C)C. The second-order valence-electron chi connectivity index (χ2n) is 5.55. The highest BCUT2D eigenvalue weighted by Crippen LogP contribution is 2.24. The van der Waals surface area contributed by atoms with Crippen LogP contribution < -0.4 is 10.1 Å². The van der Waals surface area contributed by atoms with Crippen molar-refractivity contribution in [1.82, 2.24) is 0 Å². The average molecular weight is 348 g/mol. The first kappa shape index (κ1) is 18.3. The zero-order valence-electron chi connectivity index (χ0n) is 14.1. The Morgan fingerprint density at radius 2 is 1.96 bits per heavy atom. The summed E-state index contributed by atoms with van der Waals surface area (Å²) in [6, 6.07) is 12.5. The van der Waals surface area contributed by atoms with Crippen molar-refractivity contribution < 1.29 is 14.3 Å². The Morgan fingerprint density at radius 3 is 2.62 bits per heavy atom. The standard InChI is InChI=1S/C19H22ClNO3/c1-4-23-18-10-9-14(11-15(18)12-24-13(2)3)19(22)21-17-8-6-5-7-16(17)20/h5-11,13H,4,12H2,1-3H3,(H,21,22). The van der Waals surface area contributed by atoms with Crippen molar-refractivity contribution in [2.75, 3.05) is 11.9 Å². The smallest absolute Gasteiger partial charge is 0.255 e. The number of hydrogen-bond donors (Lipinski definition) is 1. The van der Waals surface area contributed by atoms with Gasteiger partial charge >= 0.3 is 0 Å². The third-order valence-corrected chi connectivity index (χ3v) is 3.65. The van der Waals surface area contributed by atoms with Gasteiger partial charge in [-0.3, -0.25) is 4.79 Å². The van der Waals surface area contributed by atoms with Crippen LogP contribution in [0.4, 0.5) is 5.69 Å². The van der Waals surface area contributed by atoms with Crippen LogP contribution in [0.3, 0.4) is 0 Å². The number of rotatable bonds is 7. The molecule has 5 heteroatoms. The maximum atomic E-state index is 12.5. The van der Waals surface area contributed by atoms with E-state index < -0.39 is 0 Å². The minimum atomic E-state index is -0.225. The minimum absolute atomic E-state index is 0.0973. The number of nitrogens with one attached hydrogen (secondary N) is 1. The fourth-order valence-corrected chi connectivity index (χ4v) is 2.33. The normalized spacial score (nSPS) is 10.7. The molecule has 0 radical (unpaired) electrons. The molecule has 2 aromatic rings. The first-order valence-corrected chi connectivity index (χ1v) is 8.32. The Hall–Kier alpha value is -2.04. The topological polar surface area (TPSA) is 47.6 Å². The van der Waals surface area contributed by atoms with E-state index in [1.165, 1.54) is 0 Å². The van der Waals surface area contributed by atoms with Crippen molar-refractivity contribution in [2.24, 2.45) is 0 Å². The van der Waals surface area contributed by atoms with Crippen molar-refractivity contribution in [1.29, 1.82) is 0 Å². The predicted molar refractivity (Wildman–Crippen MR) is 96.9 cm³/mol. The van der Waals surface area contributed by atoms with Crippen molar-refractivity contribution in [2.45, 2.75) is 33.5 Å². The zero-order chi connectivity index (χ0) is 17.5. The van der Waals surface area contributed by atoms with Crippen LogP contribution in [0.25, 0.3) is 0 Å². The van der Waals surface area contributed by atoms with Crippen LogP contribution in [0.2, 0.25) is 5.02 Å². The number of anilines is 1.